The van der Waals surface area contributed by atoms with Gasteiger partial charge in [-0.3, -0.25) is 14.8 Å². The van der Waals surface area contributed by atoms with E-state index < -0.39 is 0 Å². The second-order valence-electron chi connectivity index (χ2n) is 7.69. The number of nitrogens with one attached hydrogen (secondary N) is 2. The Balaban J connectivity index is 1.98. The number of hydrogen-bond donors (Lipinski definition) is 2. The Kier molecular flexibility index (Phi) is 6.87. The second kappa shape index (κ2) is 8.48. The minimum atomic E-state index is -0.110. The molecule has 2 N–H and O–H groups in total. The highest BCUT2D eigenvalue weighted by molar-refractivity contribution is 9.10. The Bertz CT molecular complexity index is 547. The summed E-state index contributed by atoms with van der Waals surface area (Å²) in [6, 6.07) is 0.378. The number of aromatic amines is 1. The number of piperidine rings is 1. The van der Waals surface area contributed by atoms with E-state index in [0.717, 1.165) is 29.2 Å². The Labute approximate surface area is 154 Å². The molecule has 6 heteroatoms. The predicted octanol–water partition coefficient (Wildman–Crippen LogP) is 3.78. The van der Waals surface area contributed by atoms with Crippen molar-refractivity contribution >= 4 is 21.8 Å². The van der Waals surface area contributed by atoms with Crippen LogP contribution in [0.3, 0.4) is 0 Å². The minimum absolute atomic E-state index is 0.110. The molecule has 1 atom stereocenters. The van der Waals surface area contributed by atoms with Crippen LogP contribution in [-0.4, -0.2) is 46.7 Å². The van der Waals surface area contributed by atoms with Crippen LogP contribution in [-0.2, 0) is 0 Å². The van der Waals surface area contributed by atoms with Crippen molar-refractivity contribution in [1.29, 1.82) is 0 Å². The van der Waals surface area contributed by atoms with E-state index in [-0.39, 0.29) is 5.91 Å². The second-order valence-corrected chi connectivity index (χ2v) is 8.49. The first kappa shape index (κ1) is 19.4. The lowest BCUT2D eigenvalue weighted by Gasteiger charge is -2.38. The van der Waals surface area contributed by atoms with E-state index in [1.54, 1.807) is 0 Å². The lowest BCUT2D eigenvalue weighted by molar-refractivity contribution is 0.0858. The molecule has 0 radical (unpaired) electrons. The van der Waals surface area contributed by atoms with Crippen LogP contribution in [0.2, 0.25) is 0 Å². The maximum Gasteiger partial charge on any atom is 0.273 e. The summed E-state index contributed by atoms with van der Waals surface area (Å²) in [7, 11) is 0. The van der Waals surface area contributed by atoms with Crippen molar-refractivity contribution in [2.45, 2.75) is 59.4 Å². The van der Waals surface area contributed by atoms with Crippen LogP contribution in [0.4, 0.5) is 0 Å². The normalized spacial score (nSPS) is 18.3. The van der Waals surface area contributed by atoms with Gasteiger partial charge in [-0.05, 0) is 59.6 Å². The first-order chi connectivity index (χ1) is 11.3. The third-order valence-electron chi connectivity index (χ3n) is 5.05. The van der Waals surface area contributed by atoms with E-state index in [2.05, 4.69) is 71.0 Å². The summed E-state index contributed by atoms with van der Waals surface area (Å²) < 4.78 is 0.780. The van der Waals surface area contributed by atoms with E-state index in [1.807, 2.05) is 0 Å². The van der Waals surface area contributed by atoms with Gasteiger partial charge in [-0.25, -0.2) is 0 Å². The van der Waals surface area contributed by atoms with Gasteiger partial charge in [-0.15, -0.1) is 0 Å². The molecule has 1 saturated heterocycles. The molecule has 1 aromatic heterocycles. The van der Waals surface area contributed by atoms with Crippen LogP contribution in [0.5, 0.6) is 0 Å². The Hall–Kier alpha value is -0.880. The molecule has 1 unspecified atom stereocenters. The molecule has 5 nitrogen and oxygen atoms in total. The molecule has 1 fully saturated rings. The Morgan fingerprint density at radius 1 is 1.33 bits per heavy atom. The molecule has 0 saturated carbocycles. The molecule has 0 spiro atoms. The highest BCUT2D eigenvalue weighted by Gasteiger charge is 2.27. The summed E-state index contributed by atoms with van der Waals surface area (Å²) in [6.45, 7) is 13.9. The van der Waals surface area contributed by atoms with Crippen LogP contribution in [0.25, 0.3) is 0 Å². The number of amides is 1. The first-order valence-electron chi connectivity index (χ1n) is 9.07. The summed E-state index contributed by atoms with van der Waals surface area (Å²) in [5.41, 5.74) is 1.42. The van der Waals surface area contributed by atoms with Gasteiger partial charge in [0.25, 0.3) is 5.91 Å². The molecule has 1 aliphatic heterocycles. The van der Waals surface area contributed by atoms with Crippen molar-refractivity contribution in [2.24, 2.45) is 11.8 Å². The zero-order valence-corrected chi connectivity index (χ0v) is 17.1. The SMILES string of the molecule is CC1CCN(C(CNC(=O)c2n[nH]c(C(C)C)c2Br)C(C)C)CC1. The molecular formula is C18H31BrN4O. The Morgan fingerprint density at radius 3 is 2.46 bits per heavy atom. The Morgan fingerprint density at radius 2 is 1.96 bits per heavy atom. The van der Waals surface area contributed by atoms with Gasteiger partial charge >= 0.3 is 0 Å². The predicted molar refractivity (Wildman–Crippen MR) is 101 cm³/mol. The van der Waals surface area contributed by atoms with Crippen LogP contribution in [0, 0.1) is 11.8 Å². The molecular weight excluding hydrogens is 368 g/mol. The van der Waals surface area contributed by atoms with Gasteiger partial charge in [0.1, 0.15) is 0 Å². The van der Waals surface area contributed by atoms with Gasteiger partial charge in [-0.2, -0.15) is 5.10 Å². The van der Waals surface area contributed by atoms with E-state index in [9.17, 15) is 4.79 Å². The summed E-state index contributed by atoms with van der Waals surface area (Å²) in [5, 5.41) is 10.2. The van der Waals surface area contributed by atoms with Gasteiger partial charge in [-0.1, -0.05) is 34.6 Å². The summed E-state index contributed by atoms with van der Waals surface area (Å²) in [6.07, 6.45) is 2.50. The summed E-state index contributed by atoms with van der Waals surface area (Å²) in [5.74, 6) is 1.51. The van der Waals surface area contributed by atoms with Crippen molar-refractivity contribution in [3.05, 3.63) is 15.9 Å². The number of H-pyrrole nitrogens is 1. The molecule has 1 aliphatic rings. The molecule has 0 aromatic carbocycles. The fourth-order valence-corrected chi connectivity index (χ4v) is 4.12. The average molecular weight is 399 g/mol. The van der Waals surface area contributed by atoms with Crippen molar-refractivity contribution in [1.82, 2.24) is 20.4 Å². The zero-order valence-electron chi connectivity index (χ0n) is 15.5. The minimum Gasteiger partial charge on any atom is -0.349 e. The number of likely N-dealkylation sites (tertiary alicyclic amines) is 1. The number of rotatable bonds is 6. The zero-order chi connectivity index (χ0) is 17.9. The van der Waals surface area contributed by atoms with Crippen LogP contribution in [0.15, 0.2) is 4.47 Å². The van der Waals surface area contributed by atoms with E-state index in [1.165, 1.54) is 12.8 Å². The van der Waals surface area contributed by atoms with Crippen molar-refractivity contribution in [3.63, 3.8) is 0 Å². The first-order valence-corrected chi connectivity index (χ1v) is 9.86. The maximum atomic E-state index is 12.5. The maximum absolute atomic E-state index is 12.5. The molecule has 2 rings (SSSR count). The summed E-state index contributed by atoms with van der Waals surface area (Å²) >= 11 is 3.51. The molecule has 1 aromatic rings. The lowest BCUT2D eigenvalue weighted by Crippen LogP contribution is -2.49. The number of halogens is 1. The monoisotopic (exact) mass is 398 g/mol. The van der Waals surface area contributed by atoms with Crippen LogP contribution in [0.1, 0.15) is 69.6 Å². The lowest BCUT2D eigenvalue weighted by atomic mass is 9.94. The molecule has 24 heavy (non-hydrogen) atoms. The smallest absolute Gasteiger partial charge is 0.273 e. The number of hydrogen-bond acceptors (Lipinski definition) is 3. The van der Waals surface area contributed by atoms with Gasteiger partial charge in [0, 0.05) is 12.6 Å². The van der Waals surface area contributed by atoms with Gasteiger partial charge in [0.15, 0.2) is 5.69 Å². The van der Waals surface area contributed by atoms with Crippen molar-refractivity contribution < 1.29 is 4.79 Å². The molecule has 1 amide bonds. The topological polar surface area (TPSA) is 61.0 Å². The third kappa shape index (κ3) is 4.60. The molecule has 2 heterocycles. The highest BCUT2D eigenvalue weighted by atomic mass is 79.9. The number of nitrogens with zero attached hydrogens (tertiary/aromatic N) is 2. The summed E-state index contributed by atoms with van der Waals surface area (Å²) in [4.78, 5) is 15.1. The van der Waals surface area contributed by atoms with E-state index >= 15 is 0 Å². The number of carbonyl (C=O) groups excluding carboxylic acids is 1. The third-order valence-corrected chi connectivity index (χ3v) is 5.86. The highest BCUT2D eigenvalue weighted by Crippen LogP contribution is 2.25. The molecule has 0 bridgehead atoms. The van der Waals surface area contributed by atoms with Crippen molar-refractivity contribution in [3.8, 4) is 0 Å². The van der Waals surface area contributed by atoms with Crippen molar-refractivity contribution in [2.75, 3.05) is 19.6 Å². The van der Waals surface area contributed by atoms with Crippen LogP contribution < -0.4 is 5.32 Å². The number of aromatic nitrogens is 2. The van der Waals surface area contributed by atoms with Gasteiger partial charge < -0.3 is 5.32 Å². The van der Waals surface area contributed by atoms with Gasteiger partial charge in [0.05, 0.1) is 10.2 Å². The quantitative estimate of drug-likeness (QED) is 0.765. The fourth-order valence-electron chi connectivity index (χ4n) is 3.30. The number of carbonyl (C=O) groups is 1. The molecule has 0 aliphatic carbocycles. The van der Waals surface area contributed by atoms with E-state index in [0.29, 0.717) is 30.1 Å². The largest absolute Gasteiger partial charge is 0.349 e. The standard InChI is InChI=1S/C18H31BrN4O/c1-11(2)14(23-8-6-13(5)7-9-23)10-20-18(24)17-15(19)16(12(3)4)21-22-17/h11-14H,6-10H2,1-5H3,(H,20,24)(H,21,22). The average Bonchev–Trinajstić information content (AvgIpc) is 2.90. The molecule has 136 valence electrons. The fraction of sp³-hybridized carbons (Fsp3) is 0.778. The van der Waals surface area contributed by atoms with Gasteiger partial charge in [0.2, 0.25) is 0 Å². The van der Waals surface area contributed by atoms with E-state index in [4.69, 9.17) is 0 Å². The van der Waals surface area contributed by atoms with Crippen LogP contribution >= 0.6 is 15.9 Å².